The Labute approximate surface area is 90.6 Å². The number of hydrogen-bond donors (Lipinski definition) is 1. The molecule has 3 heteroatoms. The largest absolute Gasteiger partial charge is 0.389 e. The smallest absolute Gasteiger partial charge is 0.109 e. The van der Waals surface area contributed by atoms with Gasteiger partial charge in [-0.05, 0) is 25.7 Å². The molecule has 0 atom stereocenters. The van der Waals surface area contributed by atoms with Crippen molar-refractivity contribution in [1.29, 1.82) is 0 Å². The van der Waals surface area contributed by atoms with Crippen molar-refractivity contribution in [3.05, 3.63) is 10.7 Å². The van der Waals surface area contributed by atoms with Crippen LogP contribution >= 0.6 is 11.3 Å². The lowest BCUT2D eigenvalue weighted by molar-refractivity contribution is 0.708. The molecule has 14 heavy (non-hydrogen) atoms. The average molecular weight is 212 g/mol. The zero-order valence-electron chi connectivity index (χ0n) is 9.18. The highest BCUT2D eigenvalue weighted by molar-refractivity contribution is 7.15. The topological polar surface area (TPSA) is 38.9 Å². The maximum Gasteiger partial charge on any atom is 0.109 e. The molecule has 0 aliphatic rings. The molecule has 2 N–H and O–H groups in total. The van der Waals surface area contributed by atoms with E-state index in [1.807, 2.05) is 0 Å². The Balaban J connectivity index is 2.49. The second-order valence-corrected chi connectivity index (χ2v) is 4.74. The first-order chi connectivity index (χ1) is 6.77. The van der Waals surface area contributed by atoms with Gasteiger partial charge in [-0.3, -0.25) is 0 Å². The molecule has 0 saturated carbocycles. The van der Waals surface area contributed by atoms with Gasteiger partial charge in [0, 0.05) is 0 Å². The highest BCUT2D eigenvalue weighted by Crippen LogP contribution is 2.23. The molecule has 0 bridgehead atoms. The molecule has 1 aromatic heterocycles. The molecule has 0 spiro atoms. The first-order valence-electron chi connectivity index (χ1n) is 5.52. The van der Waals surface area contributed by atoms with Gasteiger partial charge in [-0.1, -0.05) is 26.7 Å². The van der Waals surface area contributed by atoms with Crippen LogP contribution in [0, 0.1) is 0 Å². The summed E-state index contributed by atoms with van der Waals surface area (Å²) in [4.78, 5) is 4.56. The second-order valence-electron chi connectivity index (χ2n) is 3.63. The molecule has 0 unspecified atom stereocenters. The number of aryl methyl sites for hydroxylation is 2. The summed E-state index contributed by atoms with van der Waals surface area (Å²) < 4.78 is 0. The fourth-order valence-corrected chi connectivity index (χ4v) is 2.44. The minimum Gasteiger partial charge on any atom is -0.389 e. The Kier molecular flexibility index (Phi) is 4.94. The third-order valence-electron chi connectivity index (χ3n) is 2.25. The van der Waals surface area contributed by atoms with Gasteiger partial charge in [0.2, 0.25) is 0 Å². The van der Waals surface area contributed by atoms with Gasteiger partial charge in [-0.2, -0.15) is 0 Å². The van der Waals surface area contributed by atoms with Crippen LogP contribution in [0.1, 0.15) is 50.2 Å². The van der Waals surface area contributed by atoms with Crippen molar-refractivity contribution in [2.45, 2.75) is 52.4 Å². The first-order valence-corrected chi connectivity index (χ1v) is 6.33. The highest BCUT2D eigenvalue weighted by Gasteiger charge is 2.06. The standard InChI is InChI=1S/C11H20N2S/c1-3-5-6-8-9-11(12)14-10(13-9)7-4-2/h3-8,12H2,1-2H3. The molecule has 1 heterocycles. The predicted octanol–water partition coefficient (Wildman–Crippen LogP) is 3.41. The number of nitrogens with two attached hydrogens (primary N) is 1. The lowest BCUT2D eigenvalue weighted by atomic mass is 10.2. The normalized spacial score (nSPS) is 10.7. The van der Waals surface area contributed by atoms with Crippen LogP contribution in [0.25, 0.3) is 0 Å². The van der Waals surface area contributed by atoms with Crippen LogP contribution in [0.5, 0.6) is 0 Å². The molecule has 1 rings (SSSR count). The summed E-state index contributed by atoms with van der Waals surface area (Å²) >= 11 is 1.66. The van der Waals surface area contributed by atoms with E-state index in [4.69, 9.17) is 5.73 Å². The van der Waals surface area contributed by atoms with Crippen LogP contribution in [-0.4, -0.2) is 4.98 Å². The van der Waals surface area contributed by atoms with Crippen LogP contribution in [0.4, 0.5) is 5.00 Å². The Morgan fingerprint density at radius 1 is 1.14 bits per heavy atom. The molecule has 0 fully saturated rings. The third-order valence-corrected chi connectivity index (χ3v) is 3.24. The van der Waals surface area contributed by atoms with Crippen LogP contribution in [0.2, 0.25) is 0 Å². The summed E-state index contributed by atoms with van der Waals surface area (Å²) in [7, 11) is 0. The molecule has 80 valence electrons. The van der Waals surface area contributed by atoms with Gasteiger partial charge < -0.3 is 5.73 Å². The Hall–Kier alpha value is -0.570. The number of nitrogens with zero attached hydrogens (tertiary/aromatic N) is 1. The molecule has 0 saturated heterocycles. The summed E-state index contributed by atoms with van der Waals surface area (Å²) in [5, 5.41) is 2.14. The zero-order chi connectivity index (χ0) is 10.4. The van der Waals surface area contributed by atoms with Crippen LogP contribution in [0.15, 0.2) is 0 Å². The van der Waals surface area contributed by atoms with Crippen molar-refractivity contribution in [3.8, 4) is 0 Å². The van der Waals surface area contributed by atoms with Gasteiger partial charge in [-0.15, -0.1) is 11.3 Å². The molecular formula is C11H20N2S. The fraction of sp³-hybridized carbons (Fsp3) is 0.727. The molecule has 0 aliphatic carbocycles. The van der Waals surface area contributed by atoms with Crippen molar-refractivity contribution >= 4 is 16.3 Å². The minimum atomic E-state index is 0.935. The third kappa shape index (κ3) is 3.29. The molecular weight excluding hydrogens is 192 g/mol. The maximum atomic E-state index is 5.91. The quantitative estimate of drug-likeness (QED) is 0.734. The van der Waals surface area contributed by atoms with Crippen molar-refractivity contribution in [2.24, 2.45) is 0 Å². The number of anilines is 1. The molecule has 1 aromatic rings. The number of aromatic nitrogens is 1. The molecule has 0 amide bonds. The summed E-state index contributed by atoms with van der Waals surface area (Å²) in [5.41, 5.74) is 7.04. The number of rotatable bonds is 6. The maximum absolute atomic E-state index is 5.91. The molecule has 2 nitrogen and oxygen atoms in total. The van der Waals surface area contributed by atoms with E-state index in [1.165, 1.54) is 24.3 Å². The molecule has 0 radical (unpaired) electrons. The van der Waals surface area contributed by atoms with Crippen LogP contribution in [0.3, 0.4) is 0 Å². The average Bonchev–Trinajstić information content (AvgIpc) is 2.48. The van der Waals surface area contributed by atoms with E-state index in [0.717, 1.165) is 30.0 Å². The van der Waals surface area contributed by atoms with Crippen molar-refractivity contribution in [2.75, 3.05) is 5.73 Å². The number of thiazole rings is 1. The van der Waals surface area contributed by atoms with Gasteiger partial charge in [-0.25, -0.2) is 4.98 Å². The van der Waals surface area contributed by atoms with Gasteiger partial charge in [0.25, 0.3) is 0 Å². The van der Waals surface area contributed by atoms with Gasteiger partial charge >= 0.3 is 0 Å². The van der Waals surface area contributed by atoms with E-state index in [1.54, 1.807) is 11.3 Å². The first kappa shape index (κ1) is 11.5. The zero-order valence-corrected chi connectivity index (χ0v) is 9.99. The van der Waals surface area contributed by atoms with E-state index in [0.29, 0.717) is 0 Å². The fourth-order valence-electron chi connectivity index (χ4n) is 1.46. The minimum absolute atomic E-state index is 0.935. The van der Waals surface area contributed by atoms with Crippen molar-refractivity contribution < 1.29 is 0 Å². The monoisotopic (exact) mass is 212 g/mol. The number of unbranched alkanes of at least 4 members (excludes halogenated alkanes) is 2. The predicted molar refractivity (Wildman–Crippen MR) is 63.8 cm³/mol. The number of hydrogen-bond acceptors (Lipinski definition) is 3. The van der Waals surface area contributed by atoms with Gasteiger partial charge in [0.05, 0.1) is 10.7 Å². The Bertz CT molecular complexity index is 268. The van der Waals surface area contributed by atoms with Gasteiger partial charge in [0.1, 0.15) is 5.00 Å². The summed E-state index contributed by atoms with van der Waals surface area (Å²) in [6, 6.07) is 0. The van der Waals surface area contributed by atoms with Crippen molar-refractivity contribution in [1.82, 2.24) is 4.98 Å². The SMILES string of the molecule is CCCCCc1nc(CCC)sc1N. The van der Waals surface area contributed by atoms with E-state index >= 15 is 0 Å². The van der Waals surface area contributed by atoms with Gasteiger partial charge in [0.15, 0.2) is 0 Å². The Morgan fingerprint density at radius 2 is 1.93 bits per heavy atom. The Morgan fingerprint density at radius 3 is 2.57 bits per heavy atom. The highest BCUT2D eigenvalue weighted by atomic mass is 32.1. The van der Waals surface area contributed by atoms with E-state index in [9.17, 15) is 0 Å². The number of nitrogen functional groups attached to an aromatic ring is 1. The van der Waals surface area contributed by atoms with Crippen molar-refractivity contribution in [3.63, 3.8) is 0 Å². The van der Waals surface area contributed by atoms with Crippen LogP contribution in [-0.2, 0) is 12.8 Å². The molecule has 0 aromatic carbocycles. The summed E-state index contributed by atoms with van der Waals surface area (Å²) in [5.74, 6) is 0. The lowest BCUT2D eigenvalue weighted by Gasteiger charge is -1.96. The van der Waals surface area contributed by atoms with Crippen LogP contribution < -0.4 is 5.73 Å². The summed E-state index contributed by atoms with van der Waals surface area (Å²) in [6.45, 7) is 4.39. The van der Waals surface area contributed by atoms with E-state index < -0.39 is 0 Å². The lowest BCUT2D eigenvalue weighted by Crippen LogP contribution is -1.92. The summed E-state index contributed by atoms with van der Waals surface area (Å²) in [6.07, 6.45) is 7.03. The van der Waals surface area contributed by atoms with E-state index in [-0.39, 0.29) is 0 Å². The second kappa shape index (κ2) is 6.02. The molecule has 0 aliphatic heterocycles. The van der Waals surface area contributed by atoms with E-state index in [2.05, 4.69) is 18.8 Å².